The van der Waals surface area contributed by atoms with E-state index in [0.29, 0.717) is 5.70 Å². The molecule has 0 atom stereocenters. The number of nitrogens with zero attached hydrogens (tertiary/aromatic N) is 1. The molecule has 116 valence electrons. The first-order valence-electron chi connectivity index (χ1n) is 7.35. The van der Waals surface area contributed by atoms with E-state index in [1.807, 2.05) is 44.3 Å². The van der Waals surface area contributed by atoms with Crippen LogP contribution in [0.5, 0.6) is 0 Å². The lowest BCUT2D eigenvalue weighted by atomic mass is 9.96. The summed E-state index contributed by atoms with van der Waals surface area (Å²) < 4.78 is 0. The van der Waals surface area contributed by atoms with Gasteiger partial charge in [-0.05, 0) is 18.6 Å². The molecule has 1 heterocycles. The van der Waals surface area contributed by atoms with E-state index in [-0.39, 0.29) is 0 Å². The van der Waals surface area contributed by atoms with Crippen molar-refractivity contribution in [2.75, 3.05) is 14.1 Å². The van der Waals surface area contributed by atoms with Crippen LogP contribution in [0.15, 0.2) is 66.0 Å². The Kier molecular flexibility index (Phi) is 5.07. The fourth-order valence-electron chi connectivity index (χ4n) is 2.73. The molecule has 0 amide bonds. The van der Waals surface area contributed by atoms with Gasteiger partial charge in [0.25, 0.3) is 0 Å². The van der Waals surface area contributed by atoms with Crippen molar-refractivity contribution >= 4 is 5.70 Å². The van der Waals surface area contributed by atoms with Gasteiger partial charge in [0.15, 0.2) is 0 Å². The van der Waals surface area contributed by atoms with E-state index in [1.165, 1.54) is 5.56 Å². The van der Waals surface area contributed by atoms with Crippen molar-refractivity contribution in [1.29, 1.82) is 0 Å². The van der Waals surface area contributed by atoms with Crippen LogP contribution in [0.2, 0.25) is 0 Å². The van der Waals surface area contributed by atoms with Crippen molar-refractivity contribution in [1.82, 2.24) is 15.8 Å². The molecule has 0 aliphatic carbocycles. The highest BCUT2D eigenvalue weighted by Crippen LogP contribution is 2.29. The molecule has 0 spiro atoms. The standard InChI is InChI=1S/C18H24N4/c1-5-9-15-16(6-2)22(4)12-13-10-7-8-11-14(13)18(17(15)19)21-20-3/h5-11,20-21H,2,12,19H2,1,3-4H3/b9-5-,16-15-,18-17-. The SMILES string of the molecule is C=C/C1=C(\C=C/C)C(/N)=C(/NNC)c2ccccc2CN1C. The van der Waals surface area contributed by atoms with Crippen molar-refractivity contribution in [3.05, 3.63) is 77.2 Å². The Morgan fingerprint density at radius 3 is 2.68 bits per heavy atom. The Bertz CT molecular complexity index is 653. The zero-order valence-corrected chi connectivity index (χ0v) is 13.5. The second-order valence-electron chi connectivity index (χ2n) is 5.18. The van der Waals surface area contributed by atoms with Crippen molar-refractivity contribution in [2.45, 2.75) is 13.5 Å². The summed E-state index contributed by atoms with van der Waals surface area (Å²) in [6.45, 7) is 6.73. The molecule has 0 radical (unpaired) electrons. The Labute approximate surface area is 132 Å². The van der Waals surface area contributed by atoms with Gasteiger partial charge in [0, 0.05) is 37.5 Å². The lowest BCUT2D eigenvalue weighted by Crippen LogP contribution is -2.31. The van der Waals surface area contributed by atoms with Crippen molar-refractivity contribution in [2.24, 2.45) is 5.73 Å². The van der Waals surface area contributed by atoms with Crippen molar-refractivity contribution in [3.63, 3.8) is 0 Å². The third-order valence-electron chi connectivity index (χ3n) is 3.72. The predicted molar refractivity (Wildman–Crippen MR) is 93.2 cm³/mol. The van der Waals surface area contributed by atoms with E-state index in [1.54, 1.807) is 0 Å². The number of benzene rings is 1. The molecule has 0 saturated heterocycles. The fourth-order valence-corrected chi connectivity index (χ4v) is 2.73. The van der Waals surface area contributed by atoms with E-state index < -0.39 is 0 Å². The molecule has 1 aromatic rings. The highest BCUT2D eigenvalue weighted by atomic mass is 15.3. The number of hydrazine groups is 1. The van der Waals surface area contributed by atoms with Gasteiger partial charge in [-0.15, -0.1) is 0 Å². The maximum Gasteiger partial charge on any atom is 0.0801 e. The van der Waals surface area contributed by atoms with Crippen LogP contribution in [0, 0.1) is 0 Å². The molecule has 0 unspecified atom stereocenters. The number of rotatable bonds is 4. The van der Waals surface area contributed by atoms with Gasteiger partial charge in [0.2, 0.25) is 0 Å². The molecule has 2 rings (SSSR count). The van der Waals surface area contributed by atoms with Crippen LogP contribution in [-0.4, -0.2) is 19.0 Å². The highest BCUT2D eigenvalue weighted by Gasteiger charge is 2.20. The van der Waals surface area contributed by atoms with Crippen LogP contribution < -0.4 is 16.6 Å². The minimum atomic E-state index is 0.696. The van der Waals surface area contributed by atoms with E-state index >= 15 is 0 Å². The quantitative estimate of drug-likeness (QED) is 0.747. The Morgan fingerprint density at radius 2 is 2.05 bits per heavy atom. The minimum Gasteiger partial charge on any atom is -0.396 e. The summed E-state index contributed by atoms with van der Waals surface area (Å²) in [6, 6.07) is 8.28. The topological polar surface area (TPSA) is 53.3 Å². The smallest absolute Gasteiger partial charge is 0.0801 e. The van der Waals surface area contributed by atoms with E-state index in [0.717, 1.165) is 29.1 Å². The Hall–Kier alpha value is -2.46. The van der Waals surface area contributed by atoms with Crippen LogP contribution >= 0.6 is 0 Å². The molecule has 0 bridgehead atoms. The lowest BCUT2D eigenvalue weighted by molar-refractivity contribution is 0.420. The number of allylic oxidation sites excluding steroid dienone is 3. The summed E-state index contributed by atoms with van der Waals surface area (Å²) in [5.74, 6) is 0. The summed E-state index contributed by atoms with van der Waals surface area (Å²) in [5, 5.41) is 0. The second kappa shape index (κ2) is 7.00. The normalized spacial score (nSPS) is 22.2. The number of fused-ring (bicyclic) bond motifs is 1. The molecular weight excluding hydrogens is 272 g/mol. The maximum atomic E-state index is 6.50. The lowest BCUT2D eigenvalue weighted by Gasteiger charge is -2.29. The first-order valence-corrected chi connectivity index (χ1v) is 7.35. The van der Waals surface area contributed by atoms with Crippen LogP contribution in [0.3, 0.4) is 0 Å². The summed E-state index contributed by atoms with van der Waals surface area (Å²) in [7, 11) is 3.89. The molecule has 1 aliphatic heterocycles. The number of likely N-dealkylation sites (N-methyl/N-ethyl adjacent to an activating group) is 1. The first kappa shape index (κ1) is 15.9. The molecule has 0 fully saturated rings. The number of hydrogen-bond donors (Lipinski definition) is 3. The summed E-state index contributed by atoms with van der Waals surface area (Å²) >= 11 is 0. The third-order valence-corrected chi connectivity index (χ3v) is 3.72. The number of nitrogens with one attached hydrogen (secondary N) is 2. The summed E-state index contributed by atoms with van der Waals surface area (Å²) in [4.78, 5) is 2.17. The summed E-state index contributed by atoms with van der Waals surface area (Å²) in [5.41, 5.74) is 18.6. The fraction of sp³-hybridized carbons (Fsp3) is 0.222. The largest absolute Gasteiger partial charge is 0.396 e. The molecule has 22 heavy (non-hydrogen) atoms. The third kappa shape index (κ3) is 2.92. The van der Waals surface area contributed by atoms with Gasteiger partial charge in [-0.25, -0.2) is 5.43 Å². The molecule has 1 aliphatic rings. The van der Waals surface area contributed by atoms with Gasteiger partial charge in [-0.3, -0.25) is 0 Å². The molecular formula is C18H24N4. The zero-order chi connectivity index (χ0) is 16.1. The van der Waals surface area contributed by atoms with Crippen molar-refractivity contribution in [3.8, 4) is 0 Å². The predicted octanol–water partition coefficient (Wildman–Crippen LogP) is 2.50. The van der Waals surface area contributed by atoms with Crippen LogP contribution in [0.4, 0.5) is 0 Å². The molecule has 1 aromatic carbocycles. The zero-order valence-electron chi connectivity index (χ0n) is 13.5. The molecule has 0 aromatic heterocycles. The van der Waals surface area contributed by atoms with E-state index in [9.17, 15) is 0 Å². The average Bonchev–Trinajstić information content (AvgIpc) is 2.52. The number of hydrogen-bond acceptors (Lipinski definition) is 4. The van der Waals surface area contributed by atoms with Crippen LogP contribution in [-0.2, 0) is 6.54 Å². The molecule has 4 nitrogen and oxygen atoms in total. The van der Waals surface area contributed by atoms with Crippen LogP contribution in [0.25, 0.3) is 5.70 Å². The Balaban J connectivity index is 2.79. The van der Waals surface area contributed by atoms with Gasteiger partial charge in [-0.1, -0.05) is 43.0 Å². The second-order valence-corrected chi connectivity index (χ2v) is 5.18. The number of nitrogens with two attached hydrogens (primary N) is 1. The van der Waals surface area contributed by atoms with Gasteiger partial charge < -0.3 is 16.1 Å². The van der Waals surface area contributed by atoms with Crippen LogP contribution in [0.1, 0.15) is 18.1 Å². The van der Waals surface area contributed by atoms with E-state index in [2.05, 4.69) is 41.5 Å². The van der Waals surface area contributed by atoms with Crippen molar-refractivity contribution < 1.29 is 0 Å². The summed E-state index contributed by atoms with van der Waals surface area (Å²) in [6.07, 6.45) is 5.87. The minimum absolute atomic E-state index is 0.696. The van der Waals surface area contributed by atoms with Gasteiger partial charge in [0.1, 0.15) is 0 Å². The Morgan fingerprint density at radius 1 is 1.32 bits per heavy atom. The molecule has 0 saturated carbocycles. The average molecular weight is 296 g/mol. The van der Waals surface area contributed by atoms with Gasteiger partial charge in [-0.2, -0.15) is 0 Å². The first-order chi connectivity index (χ1) is 10.6. The maximum absolute atomic E-state index is 6.50. The monoisotopic (exact) mass is 296 g/mol. The highest BCUT2D eigenvalue weighted by molar-refractivity contribution is 5.74. The molecule has 4 N–H and O–H groups in total. The van der Waals surface area contributed by atoms with Gasteiger partial charge in [0.05, 0.1) is 11.4 Å². The molecule has 4 heteroatoms. The van der Waals surface area contributed by atoms with Gasteiger partial charge >= 0.3 is 0 Å². The van der Waals surface area contributed by atoms with E-state index in [4.69, 9.17) is 5.73 Å².